The number of imidazole rings is 1. The molecule has 7 nitrogen and oxygen atoms in total. The molecule has 1 amide bonds. The Kier molecular flexibility index (Phi) is 5.13. The largest absolute Gasteiger partial charge is 0.444 e. The Morgan fingerprint density at radius 2 is 2.00 bits per heavy atom. The van der Waals surface area contributed by atoms with E-state index in [1.165, 1.54) is 0 Å². The van der Waals surface area contributed by atoms with Crippen LogP contribution in [0, 0.1) is 0 Å². The van der Waals surface area contributed by atoms with E-state index in [1.54, 1.807) is 0 Å². The molecule has 29 heavy (non-hydrogen) atoms. The molecule has 3 aromatic rings. The van der Waals surface area contributed by atoms with Gasteiger partial charge in [0.15, 0.2) is 5.65 Å². The van der Waals surface area contributed by atoms with Crippen LogP contribution in [0.3, 0.4) is 0 Å². The van der Waals surface area contributed by atoms with E-state index in [9.17, 15) is 4.79 Å². The maximum absolute atomic E-state index is 12.5. The monoisotopic (exact) mass is 393 g/mol. The number of likely N-dealkylation sites (tertiary alicyclic amines) is 1. The second-order valence-corrected chi connectivity index (χ2v) is 8.35. The van der Waals surface area contributed by atoms with Crippen molar-refractivity contribution in [2.75, 3.05) is 18.4 Å². The summed E-state index contributed by atoms with van der Waals surface area (Å²) in [5, 5.41) is 8.10. The van der Waals surface area contributed by atoms with Gasteiger partial charge in [-0.2, -0.15) is 0 Å². The van der Waals surface area contributed by atoms with Crippen LogP contribution in [0.5, 0.6) is 0 Å². The Morgan fingerprint density at radius 3 is 2.76 bits per heavy atom. The Morgan fingerprint density at radius 1 is 1.21 bits per heavy atom. The standard InChI is InChI=1S/C22H27N5O2/c1-22(2,3)29-21(28)26-13-7-10-17(26)14-23-19-11-12-20-24-15-18(27(20)25-19)16-8-5-4-6-9-16/h4-6,8-9,11-12,15,17H,7,10,13-14H2,1-3H3,(H,23,25). The van der Waals surface area contributed by atoms with Crippen molar-refractivity contribution in [3.05, 3.63) is 48.7 Å². The summed E-state index contributed by atoms with van der Waals surface area (Å²) < 4.78 is 7.39. The van der Waals surface area contributed by atoms with E-state index in [0.717, 1.165) is 42.1 Å². The summed E-state index contributed by atoms with van der Waals surface area (Å²) in [5.41, 5.74) is 2.32. The molecule has 1 saturated heterocycles. The normalized spacial score (nSPS) is 16.9. The smallest absolute Gasteiger partial charge is 0.410 e. The number of hydrogen-bond donors (Lipinski definition) is 1. The summed E-state index contributed by atoms with van der Waals surface area (Å²) in [4.78, 5) is 18.7. The molecule has 1 aliphatic heterocycles. The lowest BCUT2D eigenvalue weighted by molar-refractivity contribution is 0.0235. The lowest BCUT2D eigenvalue weighted by Gasteiger charge is -2.28. The van der Waals surface area contributed by atoms with E-state index < -0.39 is 5.60 Å². The molecule has 1 atom stereocenters. The topological polar surface area (TPSA) is 71.8 Å². The van der Waals surface area contributed by atoms with Crippen LogP contribution in [0.2, 0.25) is 0 Å². The number of fused-ring (bicyclic) bond motifs is 1. The molecule has 1 fully saturated rings. The molecule has 1 aromatic carbocycles. The molecule has 0 saturated carbocycles. The van der Waals surface area contributed by atoms with Crippen LogP contribution in [-0.2, 0) is 4.74 Å². The minimum Gasteiger partial charge on any atom is -0.444 e. The van der Waals surface area contributed by atoms with Gasteiger partial charge in [0.05, 0.1) is 17.9 Å². The molecule has 152 valence electrons. The van der Waals surface area contributed by atoms with E-state index in [-0.39, 0.29) is 12.1 Å². The number of rotatable bonds is 4. The summed E-state index contributed by atoms with van der Waals surface area (Å²) in [6.07, 6.45) is 3.53. The highest BCUT2D eigenvalue weighted by Gasteiger charge is 2.32. The Labute approximate surface area is 170 Å². The fourth-order valence-corrected chi connectivity index (χ4v) is 3.60. The number of nitrogens with one attached hydrogen (secondary N) is 1. The van der Waals surface area contributed by atoms with E-state index >= 15 is 0 Å². The lowest BCUT2D eigenvalue weighted by atomic mass is 10.2. The van der Waals surface area contributed by atoms with E-state index in [0.29, 0.717) is 6.54 Å². The van der Waals surface area contributed by atoms with Crippen molar-refractivity contribution in [3.8, 4) is 11.3 Å². The van der Waals surface area contributed by atoms with Gasteiger partial charge in [0.25, 0.3) is 0 Å². The van der Waals surface area contributed by atoms with E-state index in [1.807, 2.05) is 78.8 Å². The van der Waals surface area contributed by atoms with Gasteiger partial charge in [0, 0.05) is 18.7 Å². The van der Waals surface area contributed by atoms with Crippen LogP contribution in [0.15, 0.2) is 48.7 Å². The van der Waals surface area contributed by atoms with Crippen molar-refractivity contribution in [1.82, 2.24) is 19.5 Å². The average molecular weight is 393 g/mol. The van der Waals surface area contributed by atoms with Crippen molar-refractivity contribution < 1.29 is 9.53 Å². The highest BCUT2D eigenvalue weighted by atomic mass is 16.6. The van der Waals surface area contributed by atoms with Crippen LogP contribution in [0.4, 0.5) is 10.6 Å². The van der Waals surface area contributed by atoms with Gasteiger partial charge >= 0.3 is 6.09 Å². The van der Waals surface area contributed by atoms with Crippen molar-refractivity contribution in [1.29, 1.82) is 0 Å². The first-order valence-corrected chi connectivity index (χ1v) is 10.0. The molecule has 0 radical (unpaired) electrons. The van der Waals surface area contributed by atoms with Crippen LogP contribution < -0.4 is 5.32 Å². The summed E-state index contributed by atoms with van der Waals surface area (Å²) in [7, 11) is 0. The molecule has 1 aliphatic rings. The first-order chi connectivity index (χ1) is 13.9. The van der Waals surface area contributed by atoms with Gasteiger partial charge < -0.3 is 15.0 Å². The second-order valence-electron chi connectivity index (χ2n) is 8.35. The van der Waals surface area contributed by atoms with E-state index in [2.05, 4.69) is 10.3 Å². The van der Waals surface area contributed by atoms with Gasteiger partial charge in [-0.05, 0) is 45.7 Å². The number of benzene rings is 1. The van der Waals surface area contributed by atoms with Crippen LogP contribution >= 0.6 is 0 Å². The zero-order chi connectivity index (χ0) is 20.4. The van der Waals surface area contributed by atoms with Gasteiger partial charge in [-0.3, -0.25) is 0 Å². The van der Waals surface area contributed by atoms with Gasteiger partial charge in [0.1, 0.15) is 11.4 Å². The van der Waals surface area contributed by atoms with Gasteiger partial charge in [0.2, 0.25) is 0 Å². The maximum atomic E-state index is 12.5. The van der Waals surface area contributed by atoms with Crippen molar-refractivity contribution in [2.45, 2.75) is 45.3 Å². The Hall–Kier alpha value is -3.09. The number of anilines is 1. The van der Waals surface area contributed by atoms with Gasteiger partial charge in [-0.25, -0.2) is 14.3 Å². The third-order valence-electron chi connectivity index (χ3n) is 4.96. The number of carbonyl (C=O) groups is 1. The molecule has 1 N–H and O–H groups in total. The quantitative estimate of drug-likeness (QED) is 0.719. The molecular weight excluding hydrogens is 366 g/mol. The minimum absolute atomic E-state index is 0.0960. The first-order valence-electron chi connectivity index (χ1n) is 10.0. The third kappa shape index (κ3) is 4.34. The predicted octanol–water partition coefficient (Wildman–Crippen LogP) is 4.21. The number of hydrogen-bond acceptors (Lipinski definition) is 5. The number of ether oxygens (including phenoxy) is 1. The fourth-order valence-electron chi connectivity index (χ4n) is 3.60. The van der Waals surface area contributed by atoms with Crippen LogP contribution in [-0.4, -0.2) is 50.3 Å². The molecule has 1 unspecified atom stereocenters. The highest BCUT2D eigenvalue weighted by Crippen LogP contribution is 2.23. The summed E-state index contributed by atoms with van der Waals surface area (Å²) >= 11 is 0. The molecular formula is C22H27N5O2. The van der Waals surface area contributed by atoms with Gasteiger partial charge in [-0.15, -0.1) is 5.10 Å². The predicted molar refractivity (Wildman–Crippen MR) is 113 cm³/mol. The molecule has 0 aliphatic carbocycles. The average Bonchev–Trinajstić information content (AvgIpc) is 3.32. The summed E-state index contributed by atoms with van der Waals surface area (Å²) in [5.74, 6) is 0.753. The molecule has 2 aromatic heterocycles. The molecule has 7 heteroatoms. The number of amides is 1. The third-order valence-corrected chi connectivity index (χ3v) is 4.96. The zero-order valence-corrected chi connectivity index (χ0v) is 17.1. The zero-order valence-electron chi connectivity index (χ0n) is 17.1. The fraction of sp³-hybridized carbons (Fsp3) is 0.409. The van der Waals surface area contributed by atoms with Crippen molar-refractivity contribution >= 4 is 17.6 Å². The number of carbonyl (C=O) groups excluding carboxylic acids is 1. The summed E-state index contributed by atoms with van der Waals surface area (Å²) in [6, 6.07) is 14.0. The minimum atomic E-state index is -0.487. The van der Waals surface area contributed by atoms with Crippen LogP contribution in [0.25, 0.3) is 16.9 Å². The summed E-state index contributed by atoms with van der Waals surface area (Å²) in [6.45, 7) is 7.04. The molecule has 4 rings (SSSR count). The van der Waals surface area contributed by atoms with Crippen LogP contribution in [0.1, 0.15) is 33.6 Å². The maximum Gasteiger partial charge on any atom is 0.410 e. The lowest BCUT2D eigenvalue weighted by Crippen LogP contribution is -2.42. The number of aromatic nitrogens is 3. The SMILES string of the molecule is CC(C)(C)OC(=O)N1CCCC1CNc1ccc2ncc(-c3ccccc3)n2n1. The molecule has 0 spiro atoms. The Balaban J connectivity index is 1.48. The highest BCUT2D eigenvalue weighted by molar-refractivity contribution is 5.69. The Bertz CT molecular complexity index is 993. The molecule has 0 bridgehead atoms. The van der Waals surface area contributed by atoms with Crippen molar-refractivity contribution in [3.63, 3.8) is 0 Å². The van der Waals surface area contributed by atoms with Gasteiger partial charge in [-0.1, -0.05) is 30.3 Å². The number of nitrogens with zero attached hydrogens (tertiary/aromatic N) is 4. The molecule has 3 heterocycles. The van der Waals surface area contributed by atoms with E-state index in [4.69, 9.17) is 9.84 Å². The van der Waals surface area contributed by atoms with Crippen molar-refractivity contribution in [2.24, 2.45) is 0 Å². The second kappa shape index (κ2) is 7.73. The first kappa shape index (κ1) is 19.2.